The van der Waals surface area contributed by atoms with E-state index in [4.69, 9.17) is 9.84 Å². The minimum Gasteiger partial charge on any atom is -0.375 e. The first-order valence-corrected chi connectivity index (χ1v) is 10.1. The van der Waals surface area contributed by atoms with Crippen LogP contribution in [0.25, 0.3) is 11.3 Å². The van der Waals surface area contributed by atoms with Crippen molar-refractivity contribution >= 4 is 5.91 Å². The molecule has 1 aromatic heterocycles. The first kappa shape index (κ1) is 19.4. The summed E-state index contributed by atoms with van der Waals surface area (Å²) in [5, 5.41) is 4.80. The van der Waals surface area contributed by atoms with Crippen molar-refractivity contribution in [2.45, 2.75) is 33.4 Å². The summed E-state index contributed by atoms with van der Waals surface area (Å²) < 4.78 is 7.47. The summed E-state index contributed by atoms with van der Waals surface area (Å²) in [6.45, 7) is 8.56. The zero-order chi connectivity index (χ0) is 20.4. The monoisotopic (exact) mass is 389 g/mol. The van der Waals surface area contributed by atoms with E-state index in [0.717, 1.165) is 16.8 Å². The van der Waals surface area contributed by atoms with Crippen LogP contribution in [0, 0.1) is 13.8 Å². The Labute approximate surface area is 171 Å². The van der Waals surface area contributed by atoms with Crippen LogP contribution in [0.1, 0.15) is 34.0 Å². The van der Waals surface area contributed by atoms with E-state index in [2.05, 4.69) is 50.2 Å². The normalized spacial score (nSPS) is 16.8. The molecule has 5 nitrogen and oxygen atoms in total. The second kappa shape index (κ2) is 8.21. The van der Waals surface area contributed by atoms with Crippen LogP contribution >= 0.6 is 0 Å². The smallest absolute Gasteiger partial charge is 0.257 e. The van der Waals surface area contributed by atoms with E-state index in [-0.39, 0.29) is 12.0 Å². The lowest BCUT2D eigenvalue weighted by molar-refractivity contribution is -0.0123. The minimum absolute atomic E-state index is 0.0193. The van der Waals surface area contributed by atoms with Crippen LogP contribution in [0.4, 0.5) is 0 Å². The molecule has 1 fully saturated rings. The number of amides is 1. The van der Waals surface area contributed by atoms with Gasteiger partial charge in [0.25, 0.3) is 5.91 Å². The van der Waals surface area contributed by atoms with Crippen LogP contribution in [0.2, 0.25) is 0 Å². The van der Waals surface area contributed by atoms with E-state index in [0.29, 0.717) is 31.8 Å². The third-order valence-electron chi connectivity index (χ3n) is 5.31. The lowest BCUT2D eigenvalue weighted by Gasteiger charge is -2.31. The van der Waals surface area contributed by atoms with Crippen LogP contribution in [-0.4, -0.2) is 46.4 Å². The van der Waals surface area contributed by atoms with E-state index in [1.807, 2.05) is 34.8 Å². The van der Waals surface area contributed by atoms with Gasteiger partial charge in [-0.25, -0.2) is 0 Å². The summed E-state index contributed by atoms with van der Waals surface area (Å²) in [6, 6.07) is 16.6. The largest absolute Gasteiger partial charge is 0.375 e. The molecule has 0 bridgehead atoms. The summed E-state index contributed by atoms with van der Waals surface area (Å²) in [5.74, 6) is 0.0193. The first-order valence-electron chi connectivity index (χ1n) is 10.1. The molecule has 1 aliphatic rings. The predicted molar refractivity (Wildman–Crippen MR) is 114 cm³/mol. The van der Waals surface area contributed by atoms with Gasteiger partial charge in [0.1, 0.15) is 5.69 Å². The van der Waals surface area contributed by atoms with Gasteiger partial charge in [-0.05, 0) is 26.3 Å². The van der Waals surface area contributed by atoms with Crippen molar-refractivity contribution in [1.82, 2.24) is 14.7 Å². The van der Waals surface area contributed by atoms with Gasteiger partial charge in [0.15, 0.2) is 0 Å². The van der Waals surface area contributed by atoms with E-state index < -0.39 is 0 Å². The third kappa shape index (κ3) is 4.40. The van der Waals surface area contributed by atoms with Gasteiger partial charge >= 0.3 is 0 Å². The number of ether oxygens (including phenoxy) is 1. The van der Waals surface area contributed by atoms with Crippen LogP contribution in [0.15, 0.2) is 54.7 Å². The zero-order valence-corrected chi connectivity index (χ0v) is 17.3. The van der Waals surface area contributed by atoms with Gasteiger partial charge in [0.2, 0.25) is 0 Å². The molecule has 150 valence electrons. The fourth-order valence-corrected chi connectivity index (χ4v) is 3.64. The molecule has 2 aromatic carbocycles. The molecule has 2 heterocycles. The van der Waals surface area contributed by atoms with Gasteiger partial charge in [-0.3, -0.25) is 9.48 Å². The van der Waals surface area contributed by atoms with Gasteiger partial charge in [-0.15, -0.1) is 0 Å². The highest BCUT2D eigenvalue weighted by Crippen LogP contribution is 2.25. The summed E-state index contributed by atoms with van der Waals surface area (Å²) in [7, 11) is 0. The molecule has 0 N–H and O–H groups in total. The summed E-state index contributed by atoms with van der Waals surface area (Å²) >= 11 is 0. The summed E-state index contributed by atoms with van der Waals surface area (Å²) in [6.07, 6.45) is 1.94. The molecule has 1 amide bonds. The van der Waals surface area contributed by atoms with Crippen LogP contribution in [0.5, 0.6) is 0 Å². The summed E-state index contributed by atoms with van der Waals surface area (Å²) in [5.41, 5.74) is 5.92. The molecule has 1 aliphatic heterocycles. The Morgan fingerprint density at radius 1 is 1.07 bits per heavy atom. The highest BCUT2D eigenvalue weighted by atomic mass is 16.5. The molecule has 0 unspecified atom stereocenters. The van der Waals surface area contributed by atoms with Crippen molar-refractivity contribution in [1.29, 1.82) is 0 Å². The zero-order valence-electron chi connectivity index (χ0n) is 17.3. The van der Waals surface area contributed by atoms with Gasteiger partial charge in [0.05, 0.1) is 24.8 Å². The number of morpholine rings is 1. The Hall–Kier alpha value is -2.92. The highest BCUT2D eigenvalue weighted by molar-refractivity contribution is 5.99. The van der Waals surface area contributed by atoms with E-state index in [9.17, 15) is 4.79 Å². The second-order valence-corrected chi connectivity index (χ2v) is 7.87. The van der Waals surface area contributed by atoms with Crippen molar-refractivity contribution in [3.63, 3.8) is 0 Å². The van der Waals surface area contributed by atoms with Gasteiger partial charge in [-0.1, -0.05) is 59.7 Å². The Morgan fingerprint density at radius 3 is 2.38 bits per heavy atom. The number of benzene rings is 2. The fraction of sp³-hybridized carbons (Fsp3) is 0.333. The molecule has 5 heteroatoms. The van der Waals surface area contributed by atoms with E-state index in [1.54, 1.807) is 0 Å². The number of hydrogen-bond donors (Lipinski definition) is 0. The molecule has 0 aliphatic carbocycles. The third-order valence-corrected chi connectivity index (χ3v) is 5.31. The Bertz CT molecular complexity index is 990. The topological polar surface area (TPSA) is 47.4 Å². The number of carbonyl (C=O) groups is 1. The van der Waals surface area contributed by atoms with Crippen molar-refractivity contribution in [2.24, 2.45) is 0 Å². The van der Waals surface area contributed by atoms with Gasteiger partial charge in [-0.2, -0.15) is 5.10 Å². The minimum atomic E-state index is 0.0193. The van der Waals surface area contributed by atoms with Crippen molar-refractivity contribution in [3.05, 3.63) is 77.0 Å². The fourth-order valence-electron chi connectivity index (χ4n) is 3.64. The molecule has 1 saturated heterocycles. The van der Waals surface area contributed by atoms with Crippen LogP contribution in [-0.2, 0) is 11.3 Å². The maximum Gasteiger partial charge on any atom is 0.257 e. The molecular formula is C24H27N3O2. The number of aromatic nitrogens is 2. The predicted octanol–water partition coefficient (Wildman–Crippen LogP) is 4.08. The molecule has 29 heavy (non-hydrogen) atoms. The second-order valence-electron chi connectivity index (χ2n) is 7.87. The molecule has 3 aromatic rings. The average molecular weight is 389 g/mol. The van der Waals surface area contributed by atoms with E-state index >= 15 is 0 Å². The molecule has 0 spiro atoms. The van der Waals surface area contributed by atoms with E-state index in [1.165, 1.54) is 11.1 Å². The Morgan fingerprint density at radius 2 is 1.72 bits per heavy atom. The quantitative estimate of drug-likeness (QED) is 0.676. The Kier molecular flexibility index (Phi) is 5.49. The number of hydrogen-bond acceptors (Lipinski definition) is 3. The number of carbonyl (C=O) groups excluding carboxylic acids is 1. The van der Waals surface area contributed by atoms with Gasteiger partial charge in [0, 0.05) is 24.8 Å². The standard InChI is InChI=1S/C24H27N3O2/c1-17-4-8-20(9-5-17)15-27-16-22(24(28)26-12-13-29-19(3)14-26)23(25-27)21-10-6-18(2)7-11-21/h4-11,16,19H,12-15H2,1-3H3/t19-/m0/s1. The first-order chi connectivity index (χ1) is 14.0. The van der Waals surface area contributed by atoms with Crippen LogP contribution in [0.3, 0.4) is 0 Å². The molecule has 1 atom stereocenters. The maximum atomic E-state index is 13.3. The summed E-state index contributed by atoms with van der Waals surface area (Å²) in [4.78, 5) is 15.2. The van der Waals surface area contributed by atoms with Crippen molar-refractivity contribution in [3.8, 4) is 11.3 Å². The van der Waals surface area contributed by atoms with Crippen molar-refractivity contribution in [2.75, 3.05) is 19.7 Å². The maximum absolute atomic E-state index is 13.3. The average Bonchev–Trinajstić information content (AvgIpc) is 3.13. The lowest BCUT2D eigenvalue weighted by atomic mass is 10.1. The van der Waals surface area contributed by atoms with Crippen molar-refractivity contribution < 1.29 is 9.53 Å². The molecule has 4 rings (SSSR count). The molecule has 0 radical (unpaired) electrons. The lowest BCUT2D eigenvalue weighted by Crippen LogP contribution is -2.44. The number of nitrogens with zero attached hydrogens (tertiary/aromatic N) is 3. The van der Waals surface area contributed by atoms with Crippen LogP contribution < -0.4 is 0 Å². The molecule has 0 saturated carbocycles. The molecular weight excluding hydrogens is 362 g/mol. The SMILES string of the molecule is Cc1ccc(Cn2cc(C(=O)N3CCO[C@@H](C)C3)c(-c3ccc(C)cc3)n2)cc1. The highest BCUT2D eigenvalue weighted by Gasteiger charge is 2.26. The number of rotatable bonds is 4. The Balaban J connectivity index is 1.69. The number of aryl methyl sites for hydroxylation is 2. The van der Waals surface area contributed by atoms with Gasteiger partial charge < -0.3 is 9.64 Å².